The van der Waals surface area contributed by atoms with Gasteiger partial charge in [-0.3, -0.25) is 14.6 Å². The fraction of sp³-hybridized carbons (Fsp3) is 0.267. The van der Waals surface area contributed by atoms with E-state index in [1.807, 2.05) is 0 Å². The number of aromatic nitrogens is 1. The van der Waals surface area contributed by atoms with Crippen LogP contribution in [0.4, 0.5) is 0 Å². The lowest BCUT2D eigenvalue weighted by Crippen LogP contribution is -2.23. The second kappa shape index (κ2) is 6.49. The summed E-state index contributed by atoms with van der Waals surface area (Å²) < 4.78 is 5.12. The first-order valence-electron chi connectivity index (χ1n) is 6.40. The molecule has 21 heavy (non-hydrogen) atoms. The topological polar surface area (TPSA) is 68.3 Å². The number of Topliss-reactive ketones (excluding diaryl/α,β-unsaturated/α-hetero) is 1. The second-order valence-electron chi connectivity index (χ2n) is 4.49. The molecule has 6 heteroatoms. The van der Waals surface area contributed by atoms with Crippen molar-refractivity contribution < 1.29 is 14.3 Å². The molecule has 0 fully saturated rings. The SMILES string of the molecule is COc1ccsc1C(=O)NCc1ccc(C(C)=O)c(C)n1. The highest BCUT2D eigenvalue weighted by molar-refractivity contribution is 7.12. The lowest BCUT2D eigenvalue weighted by Gasteiger charge is -2.07. The monoisotopic (exact) mass is 304 g/mol. The zero-order valence-corrected chi connectivity index (χ0v) is 12.9. The summed E-state index contributed by atoms with van der Waals surface area (Å²) in [5.41, 5.74) is 1.98. The average Bonchev–Trinajstić information content (AvgIpc) is 2.92. The number of ketones is 1. The predicted octanol–water partition coefficient (Wildman–Crippen LogP) is 2.59. The van der Waals surface area contributed by atoms with Crippen LogP contribution in [-0.4, -0.2) is 23.8 Å². The third-order valence-electron chi connectivity index (χ3n) is 3.01. The molecule has 0 aliphatic carbocycles. The Labute approximate surface area is 127 Å². The maximum Gasteiger partial charge on any atom is 0.265 e. The molecule has 0 aliphatic rings. The van der Waals surface area contributed by atoms with Crippen molar-refractivity contribution in [2.75, 3.05) is 7.11 Å². The van der Waals surface area contributed by atoms with Crippen LogP contribution in [0.1, 0.15) is 38.3 Å². The number of amides is 1. The molecule has 0 bridgehead atoms. The number of hydrogen-bond donors (Lipinski definition) is 1. The van der Waals surface area contributed by atoms with Gasteiger partial charge in [0.2, 0.25) is 0 Å². The molecule has 2 heterocycles. The number of rotatable bonds is 5. The van der Waals surface area contributed by atoms with Crippen molar-refractivity contribution in [2.45, 2.75) is 20.4 Å². The van der Waals surface area contributed by atoms with Gasteiger partial charge in [-0.1, -0.05) is 0 Å². The van der Waals surface area contributed by atoms with Gasteiger partial charge in [-0.2, -0.15) is 0 Å². The fourth-order valence-corrected chi connectivity index (χ4v) is 2.73. The molecule has 0 atom stereocenters. The first-order chi connectivity index (χ1) is 10.0. The van der Waals surface area contributed by atoms with E-state index in [-0.39, 0.29) is 11.7 Å². The van der Waals surface area contributed by atoms with Crippen LogP contribution in [0, 0.1) is 6.92 Å². The summed E-state index contributed by atoms with van der Waals surface area (Å²) >= 11 is 1.32. The first kappa shape index (κ1) is 15.2. The van der Waals surface area contributed by atoms with Crippen LogP contribution in [0.25, 0.3) is 0 Å². The van der Waals surface area contributed by atoms with Gasteiger partial charge in [0, 0.05) is 11.3 Å². The molecule has 2 aromatic rings. The smallest absolute Gasteiger partial charge is 0.265 e. The average molecular weight is 304 g/mol. The number of carbonyl (C=O) groups excluding carboxylic acids is 2. The van der Waals surface area contributed by atoms with Crippen molar-refractivity contribution in [1.29, 1.82) is 0 Å². The van der Waals surface area contributed by atoms with E-state index in [0.29, 0.717) is 34.1 Å². The number of thiophene rings is 1. The fourth-order valence-electron chi connectivity index (χ4n) is 1.96. The Morgan fingerprint density at radius 1 is 1.33 bits per heavy atom. The van der Waals surface area contributed by atoms with E-state index in [4.69, 9.17) is 4.74 Å². The van der Waals surface area contributed by atoms with Crippen LogP contribution in [0.5, 0.6) is 5.75 Å². The van der Waals surface area contributed by atoms with Gasteiger partial charge in [-0.15, -0.1) is 11.3 Å². The summed E-state index contributed by atoms with van der Waals surface area (Å²) in [5.74, 6) is 0.351. The largest absolute Gasteiger partial charge is 0.495 e. The Morgan fingerprint density at radius 3 is 2.71 bits per heavy atom. The predicted molar refractivity (Wildman–Crippen MR) is 81.0 cm³/mol. The maximum atomic E-state index is 12.1. The summed E-state index contributed by atoms with van der Waals surface area (Å²) in [6, 6.07) is 5.23. The highest BCUT2D eigenvalue weighted by Gasteiger charge is 2.14. The molecule has 0 radical (unpaired) electrons. The van der Waals surface area contributed by atoms with Gasteiger partial charge < -0.3 is 10.1 Å². The number of aryl methyl sites for hydroxylation is 1. The summed E-state index contributed by atoms with van der Waals surface area (Å²) in [6.45, 7) is 3.60. The summed E-state index contributed by atoms with van der Waals surface area (Å²) in [4.78, 5) is 28.3. The molecule has 110 valence electrons. The molecule has 0 unspecified atom stereocenters. The molecule has 2 aromatic heterocycles. The lowest BCUT2D eigenvalue weighted by atomic mass is 10.1. The molecular formula is C15H16N2O3S. The number of nitrogens with one attached hydrogen (secondary N) is 1. The standard InChI is InChI=1S/C15H16N2O3S/c1-9-12(10(2)18)5-4-11(17-9)8-16-15(19)14-13(20-3)6-7-21-14/h4-7H,8H2,1-3H3,(H,16,19). The van der Waals surface area contributed by atoms with E-state index in [0.717, 1.165) is 0 Å². The lowest BCUT2D eigenvalue weighted by molar-refractivity contribution is 0.0950. The molecule has 1 N–H and O–H groups in total. The van der Waals surface area contributed by atoms with Crippen LogP contribution in [0.3, 0.4) is 0 Å². The molecule has 0 saturated carbocycles. The van der Waals surface area contributed by atoms with Gasteiger partial charge in [0.25, 0.3) is 5.91 Å². The van der Waals surface area contributed by atoms with Crippen molar-refractivity contribution in [2.24, 2.45) is 0 Å². The molecule has 0 spiro atoms. The number of methoxy groups -OCH3 is 1. The van der Waals surface area contributed by atoms with E-state index in [1.165, 1.54) is 25.4 Å². The Bertz CT molecular complexity index is 679. The van der Waals surface area contributed by atoms with Crippen LogP contribution in [0.15, 0.2) is 23.6 Å². The minimum absolute atomic E-state index is 0.0149. The Balaban J connectivity index is 2.05. The van der Waals surface area contributed by atoms with Crippen LogP contribution in [-0.2, 0) is 6.54 Å². The second-order valence-corrected chi connectivity index (χ2v) is 5.41. The molecule has 1 amide bonds. The van der Waals surface area contributed by atoms with Gasteiger partial charge in [0.15, 0.2) is 5.78 Å². The van der Waals surface area contributed by atoms with Crippen LogP contribution < -0.4 is 10.1 Å². The first-order valence-corrected chi connectivity index (χ1v) is 7.28. The Morgan fingerprint density at radius 2 is 2.10 bits per heavy atom. The molecule has 0 aliphatic heterocycles. The highest BCUT2D eigenvalue weighted by Crippen LogP contribution is 2.24. The van der Waals surface area contributed by atoms with Crippen molar-refractivity contribution in [3.05, 3.63) is 45.4 Å². The normalized spacial score (nSPS) is 10.2. The molecule has 0 aromatic carbocycles. The van der Waals surface area contributed by atoms with Gasteiger partial charge >= 0.3 is 0 Å². The Kier molecular flexibility index (Phi) is 4.70. The Hall–Kier alpha value is -2.21. The third kappa shape index (κ3) is 3.46. The summed E-state index contributed by atoms with van der Waals surface area (Å²) in [7, 11) is 1.53. The van der Waals surface area contributed by atoms with E-state index in [9.17, 15) is 9.59 Å². The van der Waals surface area contributed by atoms with Gasteiger partial charge in [0.1, 0.15) is 10.6 Å². The third-order valence-corrected chi connectivity index (χ3v) is 3.90. The van der Waals surface area contributed by atoms with E-state index in [2.05, 4.69) is 10.3 Å². The summed E-state index contributed by atoms with van der Waals surface area (Å²) in [5, 5.41) is 4.60. The molecule has 0 saturated heterocycles. The maximum absolute atomic E-state index is 12.1. The van der Waals surface area contributed by atoms with Crippen molar-refractivity contribution in [3.63, 3.8) is 0 Å². The van der Waals surface area contributed by atoms with Crippen LogP contribution in [0.2, 0.25) is 0 Å². The van der Waals surface area contributed by atoms with Gasteiger partial charge in [0.05, 0.1) is 19.3 Å². The quantitative estimate of drug-likeness (QED) is 0.862. The number of ether oxygens (including phenoxy) is 1. The minimum Gasteiger partial charge on any atom is -0.495 e. The van der Waals surface area contributed by atoms with Crippen molar-refractivity contribution >= 4 is 23.0 Å². The highest BCUT2D eigenvalue weighted by atomic mass is 32.1. The van der Waals surface area contributed by atoms with Crippen molar-refractivity contribution in [3.8, 4) is 5.75 Å². The molecular weight excluding hydrogens is 288 g/mol. The number of nitrogens with zero attached hydrogens (tertiary/aromatic N) is 1. The molecule has 2 rings (SSSR count). The number of carbonyl (C=O) groups is 2. The summed E-state index contributed by atoms with van der Waals surface area (Å²) in [6.07, 6.45) is 0. The van der Waals surface area contributed by atoms with E-state index >= 15 is 0 Å². The molecule has 5 nitrogen and oxygen atoms in total. The van der Waals surface area contributed by atoms with Crippen molar-refractivity contribution in [1.82, 2.24) is 10.3 Å². The zero-order valence-electron chi connectivity index (χ0n) is 12.1. The van der Waals surface area contributed by atoms with Gasteiger partial charge in [-0.25, -0.2) is 0 Å². The zero-order chi connectivity index (χ0) is 15.4. The number of hydrogen-bond acceptors (Lipinski definition) is 5. The van der Waals surface area contributed by atoms with E-state index in [1.54, 1.807) is 30.5 Å². The van der Waals surface area contributed by atoms with Crippen LogP contribution >= 0.6 is 11.3 Å². The minimum atomic E-state index is -0.197. The number of pyridine rings is 1. The van der Waals surface area contributed by atoms with E-state index < -0.39 is 0 Å². The van der Waals surface area contributed by atoms with Gasteiger partial charge in [-0.05, 0) is 37.4 Å².